The summed E-state index contributed by atoms with van der Waals surface area (Å²) in [4.78, 5) is 39.0. The highest BCUT2D eigenvalue weighted by Gasteiger charge is 2.29. The Balaban J connectivity index is 1.77. The molecule has 0 bridgehead atoms. The molecule has 0 radical (unpaired) electrons. The fraction of sp³-hybridized carbons (Fsp3) is 0.444. The lowest BCUT2D eigenvalue weighted by Crippen LogP contribution is -2.44. The van der Waals surface area contributed by atoms with Crippen LogP contribution in [0.5, 0.6) is 0 Å². The standard InChI is InChI=1S/C27H34FN3O4/c1-27(2,3)13-11-19-9-10-21(15-23(19)28)29-25(33)24(20-7-5-18(6-8-20)17-35-4)30-26(34)31-14-12-22(32)16-31/h5-10,15,24H,11-14,16-17H2,1-4H3,(H,29,33)(H,30,34)/t24-/m1/s1. The number of nitrogens with one attached hydrogen (secondary N) is 2. The maximum atomic E-state index is 14.7. The van der Waals surface area contributed by atoms with Gasteiger partial charge in [-0.15, -0.1) is 0 Å². The van der Waals surface area contributed by atoms with Crippen LogP contribution in [0.15, 0.2) is 42.5 Å². The number of hydrogen-bond donors (Lipinski definition) is 2. The molecule has 0 spiro atoms. The first-order valence-corrected chi connectivity index (χ1v) is 11.8. The number of likely N-dealkylation sites (tertiary alicyclic amines) is 1. The Morgan fingerprint density at radius 1 is 1.14 bits per heavy atom. The van der Waals surface area contributed by atoms with E-state index in [1.807, 2.05) is 12.1 Å². The lowest BCUT2D eigenvalue weighted by atomic mass is 9.88. The molecule has 2 N–H and O–H groups in total. The van der Waals surface area contributed by atoms with Gasteiger partial charge in [-0.2, -0.15) is 0 Å². The van der Waals surface area contributed by atoms with Gasteiger partial charge in [0.2, 0.25) is 0 Å². The number of urea groups is 1. The molecule has 2 aromatic rings. The molecular weight excluding hydrogens is 449 g/mol. The number of ether oxygens (including phenoxy) is 1. The van der Waals surface area contributed by atoms with Crippen LogP contribution in [0.25, 0.3) is 0 Å². The molecule has 7 nitrogen and oxygen atoms in total. The van der Waals surface area contributed by atoms with Gasteiger partial charge in [-0.1, -0.05) is 51.1 Å². The van der Waals surface area contributed by atoms with Crippen LogP contribution in [-0.4, -0.2) is 42.8 Å². The molecule has 2 aromatic carbocycles. The summed E-state index contributed by atoms with van der Waals surface area (Å²) >= 11 is 0. The molecule has 1 saturated heterocycles. The third kappa shape index (κ3) is 7.62. The molecule has 3 amide bonds. The van der Waals surface area contributed by atoms with E-state index < -0.39 is 18.0 Å². The van der Waals surface area contributed by atoms with Gasteiger partial charge in [-0.25, -0.2) is 9.18 Å². The van der Waals surface area contributed by atoms with E-state index in [4.69, 9.17) is 4.74 Å². The molecule has 1 heterocycles. The van der Waals surface area contributed by atoms with E-state index in [0.717, 1.165) is 12.0 Å². The number of benzene rings is 2. The minimum atomic E-state index is -1.03. The number of carbonyl (C=O) groups is 3. The number of amides is 3. The molecule has 1 fully saturated rings. The highest BCUT2D eigenvalue weighted by atomic mass is 19.1. The Labute approximate surface area is 206 Å². The van der Waals surface area contributed by atoms with Gasteiger partial charge in [0.05, 0.1) is 13.2 Å². The minimum absolute atomic E-state index is 0.0212. The molecule has 1 aliphatic rings. The number of hydrogen-bond acceptors (Lipinski definition) is 4. The van der Waals surface area contributed by atoms with Crippen molar-refractivity contribution in [3.63, 3.8) is 0 Å². The highest BCUT2D eigenvalue weighted by Crippen LogP contribution is 2.25. The van der Waals surface area contributed by atoms with E-state index in [9.17, 15) is 18.8 Å². The molecule has 0 aliphatic carbocycles. The van der Waals surface area contributed by atoms with Crippen LogP contribution >= 0.6 is 0 Å². The Hall–Kier alpha value is -3.26. The predicted molar refractivity (Wildman–Crippen MR) is 132 cm³/mol. The predicted octanol–water partition coefficient (Wildman–Crippen LogP) is 4.62. The zero-order valence-corrected chi connectivity index (χ0v) is 20.8. The van der Waals surface area contributed by atoms with Crippen molar-refractivity contribution in [3.05, 3.63) is 65.0 Å². The van der Waals surface area contributed by atoms with E-state index in [2.05, 4.69) is 31.4 Å². The van der Waals surface area contributed by atoms with Gasteiger partial charge in [-0.05, 0) is 47.1 Å². The summed E-state index contributed by atoms with van der Waals surface area (Å²) in [7, 11) is 1.59. The molecule has 188 valence electrons. The first-order valence-electron chi connectivity index (χ1n) is 11.8. The van der Waals surface area contributed by atoms with Crippen LogP contribution in [0.2, 0.25) is 0 Å². The van der Waals surface area contributed by atoms with E-state index in [0.29, 0.717) is 42.8 Å². The molecule has 3 rings (SSSR count). The molecule has 0 saturated carbocycles. The third-order valence-electron chi connectivity index (χ3n) is 5.93. The highest BCUT2D eigenvalue weighted by molar-refractivity contribution is 5.98. The summed E-state index contributed by atoms with van der Waals surface area (Å²) < 4.78 is 19.8. The van der Waals surface area contributed by atoms with Crippen molar-refractivity contribution in [3.8, 4) is 0 Å². The van der Waals surface area contributed by atoms with Crippen LogP contribution in [0.3, 0.4) is 0 Å². The largest absolute Gasteiger partial charge is 0.380 e. The summed E-state index contributed by atoms with van der Waals surface area (Å²) in [6.07, 6.45) is 1.74. The third-order valence-corrected chi connectivity index (χ3v) is 5.93. The molecule has 35 heavy (non-hydrogen) atoms. The van der Waals surface area contributed by atoms with E-state index in [1.54, 1.807) is 31.4 Å². The van der Waals surface area contributed by atoms with Crippen molar-refractivity contribution in [2.75, 3.05) is 25.5 Å². The second kappa shape index (κ2) is 11.4. The molecule has 0 aromatic heterocycles. The lowest BCUT2D eigenvalue weighted by molar-refractivity contribution is -0.118. The SMILES string of the molecule is COCc1ccc([C@@H](NC(=O)N2CCC(=O)C2)C(=O)Nc2ccc(CCC(C)(C)C)c(F)c2)cc1. The lowest BCUT2D eigenvalue weighted by Gasteiger charge is -2.23. The van der Waals surface area contributed by atoms with E-state index >= 15 is 0 Å². The van der Waals surface area contributed by atoms with Gasteiger partial charge >= 0.3 is 6.03 Å². The van der Waals surface area contributed by atoms with Gasteiger partial charge in [0, 0.05) is 25.8 Å². The van der Waals surface area contributed by atoms with Crippen LogP contribution in [0.4, 0.5) is 14.9 Å². The van der Waals surface area contributed by atoms with E-state index in [1.165, 1.54) is 11.0 Å². The monoisotopic (exact) mass is 483 g/mol. The summed E-state index contributed by atoms with van der Waals surface area (Å²) in [5, 5.41) is 5.45. The smallest absolute Gasteiger partial charge is 0.318 e. The zero-order chi connectivity index (χ0) is 25.6. The second-order valence-electron chi connectivity index (χ2n) is 10.1. The molecular formula is C27H34FN3O4. The number of rotatable bonds is 8. The number of ketones is 1. The first kappa shape index (κ1) is 26.3. The Morgan fingerprint density at radius 3 is 2.43 bits per heavy atom. The van der Waals surface area contributed by atoms with Gasteiger partial charge in [-0.3, -0.25) is 9.59 Å². The molecule has 8 heteroatoms. The minimum Gasteiger partial charge on any atom is -0.380 e. The van der Waals surface area contributed by atoms with Crippen molar-refractivity contribution in [2.24, 2.45) is 5.41 Å². The van der Waals surface area contributed by atoms with Crippen LogP contribution in [-0.2, 0) is 27.4 Å². The second-order valence-corrected chi connectivity index (χ2v) is 10.1. The van der Waals surface area contributed by atoms with E-state index in [-0.39, 0.29) is 23.6 Å². The summed E-state index contributed by atoms with van der Waals surface area (Å²) in [6, 6.07) is 10.2. The summed E-state index contributed by atoms with van der Waals surface area (Å²) in [6.45, 7) is 7.07. The van der Waals surface area contributed by atoms with Gasteiger partial charge in [0.25, 0.3) is 5.91 Å². The van der Waals surface area contributed by atoms with Crippen molar-refractivity contribution < 1.29 is 23.5 Å². The van der Waals surface area contributed by atoms with Crippen LogP contribution in [0, 0.1) is 11.2 Å². The van der Waals surface area contributed by atoms with Crippen molar-refractivity contribution >= 4 is 23.4 Å². The number of Topliss-reactive ketones (excluding diaryl/α,β-unsaturated/α-hetero) is 1. The number of nitrogens with zero attached hydrogens (tertiary/aromatic N) is 1. The van der Waals surface area contributed by atoms with Crippen molar-refractivity contribution in [1.29, 1.82) is 0 Å². The fourth-order valence-corrected chi connectivity index (χ4v) is 3.84. The van der Waals surface area contributed by atoms with Gasteiger partial charge < -0.3 is 20.3 Å². The van der Waals surface area contributed by atoms with Crippen molar-refractivity contribution in [2.45, 2.75) is 52.7 Å². The fourth-order valence-electron chi connectivity index (χ4n) is 3.84. The molecule has 1 atom stereocenters. The Morgan fingerprint density at radius 2 is 1.86 bits per heavy atom. The van der Waals surface area contributed by atoms with Crippen LogP contribution < -0.4 is 10.6 Å². The first-order chi connectivity index (χ1) is 16.6. The topological polar surface area (TPSA) is 87.7 Å². The average molecular weight is 484 g/mol. The number of methoxy groups -OCH3 is 1. The zero-order valence-electron chi connectivity index (χ0n) is 20.8. The molecule has 1 aliphatic heterocycles. The normalized spacial score (nSPS) is 14.7. The number of aryl methyl sites for hydroxylation is 1. The maximum Gasteiger partial charge on any atom is 0.318 e. The average Bonchev–Trinajstić information content (AvgIpc) is 3.23. The Bertz CT molecular complexity index is 1060. The van der Waals surface area contributed by atoms with Crippen molar-refractivity contribution in [1.82, 2.24) is 10.2 Å². The maximum absolute atomic E-state index is 14.7. The van der Waals surface area contributed by atoms with Crippen LogP contribution in [0.1, 0.15) is 56.3 Å². The Kier molecular flexibility index (Phi) is 8.62. The van der Waals surface area contributed by atoms with Gasteiger partial charge in [0.15, 0.2) is 5.78 Å². The summed E-state index contributed by atoms with van der Waals surface area (Å²) in [5.74, 6) is -0.913. The quantitative estimate of drug-likeness (QED) is 0.574. The summed E-state index contributed by atoms with van der Waals surface area (Å²) in [5.41, 5.74) is 2.46. The van der Waals surface area contributed by atoms with Gasteiger partial charge in [0.1, 0.15) is 11.9 Å². The number of carbonyl (C=O) groups excluding carboxylic acids is 3. The number of anilines is 1. The molecule has 0 unspecified atom stereocenters. The number of halogens is 1.